The van der Waals surface area contributed by atoms with Crippen LogP contribution in [0.15, 0.2) is 46.5 Å². The Morgan fingerprint density at radius 3 is 2.76 bits per heavy atom. The van der Waals surface area contributed by atoms with Gasteiger partial charge in [-0.15, -0.1) is 0 Å². The zero-order chi connectivity index (χ0) is 15.0. The Labute approximate surface area is 125 Å². The van der Waals surface area contributed by atoms with Crippen molar-refractivity contribution in [2.75, 3.05) is 0 Å². The summed E-state index contributed by atoms with van der Waals surface area (Å²) >= 11 is 1.51. The highest BCUT2D eigenvalue weighted by Gasteiger charge is 2.10. The van der Waals surface area contributed by atoms with Gasteiger partial charge in [-0.1, -0.05) is 17.8 Å². The monoisotopic (exact) mass is 299 g/mol. The van der Waals surface area contributed by atoms with E-state index < -0.39 is 5.97 Å². The van der Waals surface area contributed by atoms with Crippen molar-refractivity contribution in [3.05, 3.63) is 47.7 Å². The van der Waals surface area contributed by atoms with Crippen molar-refractivity contribution in [1.29, 1.82) is 0 Å². The number of carbonyl (C=O) groups is 1. The first kappa shape index (κ1) is 13.6. The summed E-state index contributed by atoms with van der Waals surface area (Å²) in [7, 11) is 1.89. The van der Waals surface area contributed by atoms with Crippen LogP contribution in [0.1, 0.15) is 16.1 Å². The first-order valence-electron chi connectivity index (χ1n) is 6.36. The Bertz CT molecular complexity index is 842. The van der Waals surface area contributed by atoms with E-state index in [1.807, 2.05) is 32.2 Å². The average molecular weight is 299 g/mol. The zero-order valence-electron chi connectivity index (χ0n) is 11.6. The van der Waals surface area contributed by atoms with Crippen LogP contribution in [0.25, 0.3) is 10.9 Å². The smallest absolute Gasteiger partial charge is 0.336 e. The summed E-state index contributed by atoms with van der Waals surface area (Å²) in [6.07, 6.45) is 0. The summed E-state index contributed by atoms with van der Waals surface area (Å²) in [5.41, 5.74) is 1.90. The molecule has 0 unspecified atom stereocenters. The first-order valence-corrected chi connectivity index (χ1v) is 7.18. The van der Waals surface area contributed by atoms with Crippen LogP contribution < -0.4 is 0 Å². The Morgan fingerprint density at radius 1 is 1.29 bits per heavy atom. The van der Waals surface area contributed by atoms with Crippen LogP contribution in [-0.4, -0.2) is 25.8 Å². The number of nitrogens with zero attached hydrogens (tertiary/aromatic N) is 3. The highest BCUT2D eigenvalue weighted by Crippen LogP contribution is 2.28. The normalized spacial score (nSPS) is 11.0. The number of rotatable bonds is 3. The predicted molar refractivity (Wildman–Crippen MR) is 80.8 cm³/mol. The highest BCUT2D eigenvalue weighted by molar-refractivity contribution is 7.99. The minimum Gasteiger partial charge on any atom is -0.478 e. The molecule has 0 atom stereocenters. The van der Waals surface area contributed by atoms with Gasteiger partial charge in [0.15, 0.2) is 0 Å². The van der Waals surface area contributed by atoms with Gasteiger partial charge in [-0.25, -0.2) is 9.78 Å². The molecule has 2 heterocycles. The number of aromatic nitrogens is 3. The summed E-state index contributed by atoms with van der Waals surface area (Å²) in [6, 6.07) is 10.7. The lowest BCUT2D eigenvalue weighted by atomic mass is 10.1. The molecule has 0 aliphatic carbocycles. The van der Waals surface area contributed by atoms with Gasteiger partial charge in [0.2, 0.25) is 0 Å². The number of aromatic carboxylic acids is 1. The number of benzene rings is 1. The second kappa shape index (κ2) is 5.21. The molecule has 0 fully saturated rings. The van der Waals surface area contributed by atoms with Crippen LogP contribution in [0.5, 0.6) is 0 Å². The summed E-state index contributed by atoms with van der Waals surface area (Å²) in [4.78, 5) is 15.7. The SMILES string of the molecule is Cc1cc(Sc2ccc3c(C(=O)O)cccc3n2)n(C)n1. The number of carboxylic acids is 1. The van der Waals surface area contributed by atoms with E-state index in [0.29, 0.717) is 10.9 Å². The van der Waals surface area contributed by atoms with Gasteiger partial charge in [0.1, 0.15) is 10.1 Å². The minimum atomic E-state index is -0.940. The average Bonchev–Trinajstić information content (AvgIpc) is 2.75. The van der Waals surface area contributed by atoms with Crippen molar-refractivity contribution in [3.63, 3.8) is 0 Å². The van der Waals surface area contributed by atoms with Crippen LogP contribution in [0, 0.1) is 6.92 Å². The largest absolute Gasteiger partial charge is 0.478 e. The van der Waals surface area contributed by atoms with Crippen molar-refractivity contribution < 1.29 is 9.90 Å². The van der Waals surface area contributed by atoms with Crippen molar-refractivity contribution >= 4 is 28.6 Å². The lowest BCUT2D eigenvalue weighted by Gasteiger charge is -2.05. The van der Waals surface area contributed by atoms with Crippen LogP contribution in [-0.2, 0) is 7.05 Å². The van der Waals surface area contributed by atoms with Crippen LogP contribution in [0.4, 0.5) is 0 Å². The second-order valence-electron chi connectivity index (χ2n) is 4.68. The molecule has 3 rings (SSSR count). The van der Waals surface area contributed by atoms with Gasteiger partial charge in [-0.2, -0.15) is 5.10 Å². The Hall–Kier alpha value is -2.34. The fourth-order valence-corrected chi connectivity index (χ4v) is 3.07. The molecule has 0 spiro atoms. The number of pyridine rings is 1. The van der Waals surface area contributed by atoms with Crippen molar-refractivity contribution in [1.82, 2.24) is 14.8 Å². The molecule has 106 valence electrons. The maximum atomic E-state index is 11.2. The third-order valence-electron chi connectivity index (χ3n) is 3.10. The Morgan fingerprint density at radius 2 is 2.10 bits per heavy atom. The van der Waals surface area contributed by atoms with Crippen LogP contribution in [0.2, 0.25) is 0 Å². The number of hydrogen-bond acceptors (Lipinski definition) is 4. The van der Waals surface area contributed by atoms with Gasteiger partial charge in [-0.3, -0.25) is 4.68 Å². The van der Waals surface area contributed by atoms with Crippen molar-refractivity contribution in [2.24, 2.45) is 7.05 Å². The molecule has 0 saturated carbocycles. The van der Waals surface area contributed by atoms with E-state index in [9.17, 15) is 9.90 Å². The van der Waals surface area contributed by atoms with E-state index >= 15 is 0 Å². The standard InChI is InChI=1S/C15H13N3O2S/c1-9-8-14(18(2)17-9)21-13-7-6-10-11(15(19)20)4-3-5-12(10)16-13/h3-8H,1-2H3,(H,19,20). The Kier molecular flexibility index (Phi) is 3.39. The maximum absolute atomic E-state index is 11.2. The predicted octanol–water partition coefficient (Wildman–Crippen LogP) is 3.13. The van der Waals surface area contributed by atoms with Gasteiger partial charge in [0, 0.05) is 12.4 Å². The summed E-state index contributed by atoms with van der Waals surface area (Å²) < 4.78 is 1.81. The quantitative estimate of drug-likeness (QED) is 0.804. The molecule has 0 aliphatic rings. The molecule has 1 aromatic carbocycles. The third kappa shape index (κ3) is 2.62. The number of fused-ring (bicyclic) bond motifs is 1. The van der Waals surface area contributed by atoms with E-state index in [1.165, 1.54) is 11.8 Å². The van der Waals surface area contributed by atoms with E-state index in [0.717, 1.165) is 15.7 Å². The lowest BCUT2D eigenvalue weighted by Crippen LogP contribution is -1.98. The van der Waals surface area contributed by atoms with E-state index in [1.54, 1.807) is 22.9 Å². The molecular weight excluding hydrogens is 286 g/mol. The molecule has 2 aromatic heterocycles. The first-order chi connectivity index (χ1) is 10.0. The minimum absolute atomic E-state index is 0.271. The molecule has 21 heavy (non-hydrogen) atoms. The number of aryl methyl sites for hydroxylation is 2. The van der Waals surface area contributed by atoms with Crippen molar-refractivity contribution in [2.45, 2.75) is 17.0 Å². The number of hydrogen-bond donors (Lipinski definition) is 1. The highest BCUT2D eigenvalue weighted by atomic mass is 32.2. The van der Waals surface area contributed by atoms with Crippen molar-refractivity contribution in [3.8, 4) is 0 Å². The second-order valence-corrected chi connectivity index (χ2v) is 5.72. The van der Waals surface area contributed by atoms with Gasteiger partial charge < -0.3 is 5.11 Å². The van der Waals surface area contributed by atoms with Gasteiger partial charge >= 0.3 is 5.97 Å². The molecule has 5 nitrogen and oxygen atoms in total. The summed E-state index contributed by atoms with van der Waals surface area (Å²) in [6.45, 7) is 1.94. The molecule has 0 amide bonds. The van der Waals surface area contributed by atoms with Gasteiger partial charge in [0.25, 0.3) is 0 Å². The molecule has 1 N–H and O–H groups in total. The fourth-order valence-electron chi connectivity index (χ4n) is 2.17. The summed E-state index contributed by atoms with van der Waals surface area (Å²) in [5, 5.41) is 15.9. The van der Waals surface area contributed by atoms with Gasteiger partial charge in [0.05, 0.1) is 16.8 Å². The molecule has 0 aliphatic heterocycles. The zero-order valence-corrected chi connectivity index (χ0v) is 12.4. The molecule has 3 aromatic rings. The number of carboxylic acid groups (broad SMARTS) is 1. The molecule has 0 bridgehead atoms. The third-order valence-corrected chi connectivity index (χ3v) is 4.13. The molecule has 0 saturated heterocycles. The van der Waals surface area contributed by atoms with Gasteiger partial charge in [-0.05, 0) is 37.3 Å². The molecule has 0 radical (unpaired) electrons. The lowest BCUT2D eigenvalue weighted by molar-refractivity contribution is 0.0699. The molecular formula is C15H13N3O2S. The summed E-state index contributed by atoms with van der Waals surface area (Å²) in [5.74, 6) is -0.940. The maximum Gasteiger partial charge on any atom is 0.336 e. The fraction of sp³-hybridized carbons (Fsp3) is 0.133. The topological polar surface area (TPSA) is 68.0 Å². The van der Waals surface area contributed by atoms with Crippen LogP contribution in [0.3, 0.4) is 0 Å². The van der Waals surface area contributed by atoms with E-state index in [4.69, 9.17) is 0 Å². The Balaban J connectivity index is 2.02. The molecule has 6 heteroatoms. The van der Waals surface area contributed by atoms with E-state index in [2.05, 4.69) is 10.1 Å². The van der Waals surface area contributed by atoms with E-state index in [-0.39, 0.29) is 5.56 Å². The van der Waals surface area contributed by atoms with Crippen LogP contribution >= 0.6 is 11.8 Å².